The maximum Gasteiger partial charge on any atom is 0.320 e. The summed E-state index contributed by atoms with van der Waals surface area (Å²) >= 11 is 0. The maximum absolute atomic E-state index is 12.1. The van der Waals surface area contributed by atoms with Gasteiger partial charge in [0.05, 0.1) is 25.8 Å². The van der Waals surface area contributed by atoms with Gasteiger partial charge in [-0.25, -0.2) is 0 Å². The Morgan fingerprint density at radius 1 is 0.939 bits per heavy atom. The molecule has 2 unspecified atom stereocenters. The van der Waals surface area contributed by atoms with Crippen molar-refractivity contribution in [3.05, 3.63) is 89.5 Å². The maximum atomic E-state index is 12.1. The number of ether oxygens (including phenoxy) is 3. The number of carboxylic acids is 1. The van der Waals surface area contributed by atoms with Crippen molar-refractivity contribution in [3.63, 3.8) is 0 Å². The van der Waals surface area contributed by atoms with Crippen LogP contribution in [0.25, 0.3) is 0 Å². The molecule has 0 saturated carbocycles. The first-order chi connectivity index (χ1) is 16.1. The van der Waals surface area contributed by atoms with Gasteiger partial charge in [0.1, 0.15) is 29.9 Å². The number of hydrogen-bond acceptors (Lipinski definition) is 5. The van der Waals surface area contributed by atoms with Crippen LogP contribution in [0.15, 0.2) is 72.8 Å². The molecule has 0 spiro atoms. The van der Waals surface area contributed by atoms with E-state index in [1.807, 2.05) is 77.7 Å². The summed E-state index contributed by atoms with van der Waals surface area (Å²) < 4.78 is 17.7. The van der Waals surface area contributed by atoms with Crippen molar-refractivity contribution in [2.45, 2.75) is 31.5 Å². The fraction of sp³-hybridized carbons (Fsp3) is 0.296. The molecule has 1 aliphatic rings. The van der Waals surface area contributed by atoms with Gasteiger partial charge in [0.25, 0.3) is 0 Å². The van der Waals surface area contributed by atoms with Crippen LogP contribution in [0.3, 0.4) is 0 Å². The van der Waals surface area contributed by atoms with Crippen LogP contribution in [-0.2, 0) is 11.4 Å². The minimum atomic E-state index is -0.825. The minimum Gasteiger partial charge on any atom is -0.496 e. The summed E-state index contributed by atoms with van der Waals surface area (Å²) in [5, 5.41) is 9.97. The molecule has 0 aliphatic carbocycles. The van der Waals surface area contributed by atoms with Crippen molar-refractivity contribution >= 4 is 5.97 Å². The molecule has 1 aliphatic heterocycles. The second kappa shape index (κ2) is 10.4. The van der Waals surface area contributed by atoms with E-state index in [2.05, 4.69) is 0 Å². The Morgan fingerprint density at radius 2 is 1.58 bits per heavy atom. The van der Waals surface area contributed by atoms with E-state index in [4.69, 9.17) is 14.2 Å². The van der Waals surface area contributed by atoms with Gasteiger partial charge in [0, 0.05) is 12.1 Å². The van der Waals surface area contributed by atoms with E-state index in [1.165, 1.54) is 0 Å². The summed E-state index contributed by atoms with van der Waals surface area (Å²) in [5.74, 6) is 1.17. The number of benzene rings is 3. The van der Waals surface area contributed by atoms with Gasteiger partial charge in [-0.05, 0) is 36.6 Å². The number of nitrogens with zero attached hydrogens (tertiary/aromatic N) is 1. The first-order valence-electron chi connectivity index (χ1n) is 11.1. The van der Waals surface area contributed by atoms with E-state index >= 15 is 0 Å². The molecular weight excluding hydrogens is 418 g/mol. The third-order valence-electron chi connectivity index (χ3n) is 6.10. The van der Waals surface area contributed by atoms with Gasteiger partial charge in [-0.15, -0.1) is 0 Å². The molecule has 0 aromatic heterocycles. The number of carboxylic acid groups (broad SMARTS) is 1. The summed E-state index contributed by atoms with van der Waals surface area (Å²) in [7, 11) is 3.23. The van der Waals surface area contributed by atoms with Gasteiger partial charge in [-0.3, -0.25) is 9.69 Å². The molecule has 0 amide bonds. The normalized spacial score (nSPS) is 16.8. The smallest absolute Gasteiger partial charge is 0.320 e. The SMILES string of the molecule is COc1cccc(OC)c1C(c1ccccc1OCc1ccccc1)N1CCCC1C(=O)O. The van der Waals surface area contributed by atoms with Crippen LogP contribution in [0.5, 0.6) is 17.2 Å². The number of rotatable bonds is 9. The predicted octanol–water partition coefficient (Wildman–Crippen LogP) is 4.92. The molecule has 1 fully saturated rings. The number of hydrogen-bond donors (Lipinski definition) is 1. The fourth-order valence-corrected chi connectivity index (χ4v) is 4.59. The minimum absolute atomic E-state index is 0.410. The average Bonchev–Trinajstić information content (AvgIpc) is 3.34. The molecule has 6 nitrogen and oxygen atoms in total. The zero-order valence-corrected chi connectivity index (χ0v) is 18.9. The molecular formula is C27H29NO5. The quantitative estimate of drug-likeness (QED) is 0.502. The third kappa shape index (κ3) is 4.81. The highest BCUT2D eigenvalue weighted by Crippen LogP contribution is 2.46. The summed E-state index contributed by atoms with van der Waals surface area (Å²) in [6.45, 7) is 1.06. The molecule has 0 bridgehead atoms. The van der Waals surface area contributed by atoms with Gasteiger partial charge < -0.3 is 19.3 Å². The molecule has 0 radical (unpaired) electrons. The lowest BCUT2D eigenvalue weighted by Gasteiger charge is -2.34. The van der Waals surface area contributed by atoms with E-state index in [0.717, 1.165) is 23.1 Å². The lowest BCUT2D eigenvalue weighted by atomic mass is 9.93. The molecule has 33 heavy (non-hydrogen) atoms. The highest BCUT2D eigenvalue weighted by atomic mass is 16.5. The Balaban J connectivity index is 1.83. The van der Waals surface area contributed by atoms with Gasteiger partial charge in [0.15, 0.2) is 0 Å². The van der Waals surface area contributed by atoms with Crippen molar-refractivity contribution in [2.24, 2.45) is 0 Å². The van der Waals surface area contributed by atoms with Gasteiger partial charge in [-0.2, -0.15) is 0 Å². The van der Waals surface area contributed by atoms with Crippen molar-refractivity contribution in [1.82, 2.24) is 4.90 Å². The van der Waals surface area contributed by atoms with E-state index in [-0.39, 0.29) is 0 Å². The van der Waals surface area contributed by atoms with Crippen molar-refractivity contribution < 1.29 is 24.1 Å². The van der Waals surface area contributed by atoms with Gasteiger partial charge in [0.2, 0.25) is 0 Å². The average molecular weight is 448 g/mol. The Labute approximate surface area is 194 Å². The summed E-state index contributed by atoms with van der Waals surface area (Å²) in [4.78, 5) is 14.2. The Kier molecular flexibility index (Phi) is 7.15. The third-order valence-corrected chi connectivity index (χ3v) is 6.10. The Hall–Kier alpha value is -3.51. The second-order valence-corrected chi connectivity index (χ2v) is 8.02. The number of methoxy groups -OCH3 is 2. The molecule has 6 heteroatoms. The van der Waals surface area contributed by atoms with Crippen molar-refractivity contribution in [2.75, 3.05) is 20.8 Å². The standard InChI is InChI=1S/C27H29NO5/c1-31-23-15-8-16-24(32-2)25(23)26(28-17-9-13-21(28)27(29)30)20-12-6-7-14-22(20)33-18-19-10-4-3-5-11-19/h3-8,10-12,14-16,21,26H,9,13,17-18H2,1-2H3,(H,29,30). The lowest BCUT2D eigenvalue weighted by molar-refractivity contribution is -0.142. The molecule has 4 rings (SSSR count). The fourth-order valence-electron chi connectivity index (χ4n) is 4.59. The topological polar surface area (TPSA) is 68.2 Å². The molecule has 1 N–H and O–H groups in total. The van der Waals surface area contributed by atoms with E-state index in [0.29, 0.717) is 36.8 Å². The van der Waals surface area contributed by atoms with Crippen LogP contribution in [0, 0.1) is 0 Å². The zero-order chi connectivity index (χ0) is 23.2. The van der Waals surface area contributed by atoms with Crippen molar-refractivity contribution in [1.29, 1.82) is 0 Å². The van der Waals surface area contributed by atoms with Crippen LogP contribution >= 0.6 is 0 Å². The van der Waals surface area contributed by atoms with Crippen LogP contribution in [0.1, 0.15) is 35.6 Å². The Morgan fingerprint density at radius 3 is 2.24 bits per heavy atom. The molecule has 2 atom stereocenters. The second-order valence-electron chi connectivity index (χ2n) is 8.02. The summed E-state index contributed by atoms with van der Waals surface area (Å²) in [6.07, 6.45) is 1.40. The predicted molar refractivity (Wildman–Crippen MR) is 126 cm³/mol. The lowest BCUT2D eigenvalue weighted by Crippen LogP contribution is -2.39. The number of carbonyl (C=O) groups is 1. The van der Waals surface area contributed by atoms with E-state index in [9.17, 15) is 9.90 Å². The van der Waals surface area contributed by atoms with Gasteiger partial charge in [-0.1, -0.05) is 54.6 Å². The number of para-hydroxylation sites is 1. The monoisotopic (exact) mass is 447 g/mol. The Bertz CT molecular complexity index is 1060. The number of aliphatic carboxylic acids is 1. The summed E-state index contributed by atoms with van der Waals surface area (Å²) in [5.41, 5.74) is 2.74. The van der Waals surface area contributed by atoms with Crippen LogP contribution in [-0.4, -0.2) is 42.8 Å². The van der Waals surface area contributed by atoms with Crippen LogP contribution in [0.4, 0.5) is 0 Å². The number of likely N-dealkylation sites (tertiary alicyclic amines) is 1. The van der Waals surface area contributed by atoms with E-state index < -0.39 is 18.1 Å². The van der Waals surface area contributed by atoms with E-state index in [1.54, 1.807) is 14.2 Å². The first kappa shape index (κ1) is 22.7. The molecule has 172 valence electrons. The molecule has 1 heterocycles. The van der Waals surface area contributed by atoms with Crippen LogP contribution in [0.2, 0.25) is 0 Å². The molecule has 3 aromatic carbocycles. The highest BCUT2D eigenvalue weighted by molar-refractivity contribution is 5.74. The van der Waals surface area contributed by atoms with Crippen LogP contribution < -0.4 is 14.2 Å². The highest BCUT2D eigenvalue weighted by Gasteiger charge is 2.40. The molecule has 3 aromatic rings. The van der Waals surface area contributed by atoms with Gasteiger partial charge >= 0.3 is 5.97 Å². The van der Waals surface area contributed by atoms with Crippen molar-refractivity contribution in [3.8, 4) is 17.2 Å². The first-order valence-corrected chi connectivity index (χ1v) is 11.1. The molecule has 1 saturated heterocycles. The largest absolute Gasteiger partial charge is 0.496 e. The summed E-state index contributed by atoms with van der Waals surface area (Å²) in [6, 6.07) is 22.4. The zero-order valence-electron chi connectivity index (χ0n) is 18.9.